The van der Waals surface area contributed by atoms with Gasteiger partial charge in [-0.25, -0.2) is 4.79 Å². The highest BCUT2D eigenvalue weighted by Gasteiger charge is 2.56. The van der Waals surface area contributed by atoms with E-state index in [-0.39, 0.29) is 23.5 Å². The number of carbonyl (C=O) groups excluding carboxylic acids is 3. The lowest BCUT2D eigenvalue weighted by atomic mass is 9.80. The monoisotopic (exact) mass is 592 g/mol. The van der Waals surface area contributed by atoms with E-state index in [9.17, 15) is 14.4 Å². The van der Waals surface area contributed by atoms with E-state index in [1.807, 2.05) is 36.4 Å². The molecule has 2 aromatic rings. The van der Waals surface area contributed by atoms with Crippen molar-refractivity contribution in [1.29, 1.82) is 0 Å². The van der Waals surface area contributed by atoms with E-state index in [0.717, 1.165) is 16.4 Å². The second-order valence-electron chi connectivity index (χ2n) is 13.1. The fourth-order valence-electron chi connectivity index (χ4n) is 5.38. The molecule has 2 aromatic carbocycles. The van der Waals surface area contributed by atoms with Gasteiger partial charge in [-0.3, -0.25) is 9.59 Å². The van der Waals surface area contributed by atoms with Crippen molar-refractivity contribution in [3.63, 3.8) is 0 Å². The minimum atomic E-state index is -3.20. The molecule has 0 radical (unpaired) electrons. The molecule has 0 fully saturated rings. The molecule has 0 heterocycles. The summed E-state index contributed by atoms with van der Waals surface area (Å²) in [4.78, 5) is 39.8. The quantitative estimate of drug-likeness (QED) is 0.204. The highest BCUT2D eigenvalue weighted by atomic mass is 28.4. The molecule has 0 saturated carbocycles. The zero-order valence-electron chi connectivity index (χ0n) is 26.1. The van der Waals surface area contributed by atoms with Gasteiger partial charge in [0, 0.05) is 20.6 Å². The molecule has 1 aliphatic rings. The Morgan fingerprint density at radius 3 is 1.78 bits per heavy atom. The van der Waals surface area contributed by atoms with Gasteiger partial charge in [0.2, 0.25) is 0 Å². The Kier molecular flexibility index (Phi) is 9.40. The second-order valence-corrected chi connectivity index (χ2v) is 23.0. The normalized spacial score (nSPS) is 18.3. The topological polar surface area (TPSA) is 78.9 Å². The fraction of sp³-hybridized carbons (Fsp3) is 0.424. The molecule has 0 spiro atoms. The maximum Gasteiger partial charge on any atom is 0.342 e. The van der Waals surface area contributed by atoms with Gasteiger partial charge in [-0.1, -0.05) is 101 Å². The molecule has 3 rings (SSSR count). The number of hydrogen-bond donors (Lipinski definition) is 0. The molecule has 0 bridgehead atoms. The lowest BCUT2D eigenvalue weighted by molar-refractivity contribution is -0.152. The maximum atomic E-state index is 13.9. The van der Waals surface area contributed by atoms with Crippen LogP contribution >= 0.6 is 0 Å². The van der Waals surface area contributed by atoms with Crippen LogP contribution in [0.3, 0.4) is 0 Å². The van der Waals surface area contributed by atoms with Crippen molar-refractivity contribution in [2.75, 3.05) is 6.61 Å². The number of ketones is 1. The van der Waals surface area contributed by atoms with Gasteiger partial charge < -0.3 is 13.9 Å². The molecule has 0 amide bonds. The standard InChI is InChI=1S/C33H44O6Si2/c1-23-29(35)28(31(36)37-21-22-40(8,9)10)24(2)33(7,38-25(3)34)30(23)39-41(32(4,5)6,26-17-13-11-14-18-26)27-19-15-12-16-20-27/h11-20H,21-22H2,1-10H3. The number of carbonyl (C=O) groups is 3. The summed E-state index contributed by atoms with van der Waals surface area (Å²) in [6.07, 6.45) is 0. The van der Waals surface area contributed by atoms with Gasteiger partial charge >= 0.3 is 20.3 Å². The zero-order valence-corrected chi connectivity index (χ0v) is 28.1. The number of esters is 2. The molecule has 41 heavy (non-hydrogen) atoms. The first-order chi connectivity index (χ1) is 19.0. The number of rotatable bonds is 9. The maximum absolute atomic E-state index is 13.9. The van der Waals surface area contributed by atoms with Crippen LogP contribution in [0.25, 0.3) is 0 Å². The average molecular weight is 593 g/mol. The third-order valence-corrected chi connectivity index (χ3v) is 14.4. The molecule has 6 nitrogen and oxygen atoms in total. The van der Waals surface area contributed by atoms with Crippen LogP contribution in [0, 0.1) is 0 Å². The first-order valence-corrected chi connectivity index (χ1v) is 19.7. The summed E-state index contributed by atoms with van der Waals surface area (Å²) < 4.78 is 18.9. The predicted octanol–water partition coefficient (Wildman–Crippen LogP) is 5.94. The number of hydrogen-bond acceptors (Lipinski definition) is 6. The van der Waals surface area contributed by atoms with Gasteiger partial charge in [0.15, 0.2) is 11.4 Å². The molecule has 8 heteroatoms. The van der Waals surface area contributed by atoms with Crippen molar-refractivity contribution in [2.45, 2.75) is 84.8 Å². The Morgan fingerprint density at radius 2 is 1.37 bits per heavy atom. The Balaban J connectivity index is 2.25. The first kappa shape index (κ1) is 32.3. The average Bonchev–Trinajstić information content (AvgIpc) is 2.87. The van der Waals surface area contributed by atoms with E-state index in [4.69, 9.17) is 13.9 Å². The van der Waals surface area contributed by atoms with Crippen LogP contribution in [-0.4, -0.2) is 46.3 Å². The molecule has 1 atom stereocenters. The minimum absolute atomic E-state index is 0.100. The summed E-state index contributed by atoms with van der Waals surface area (Å²) in [5.74, 6) is -1.47. The van der Waals surface area contributed by atoms with Crippen molar-refractivity contribution in [1.82, 2.24) is 0 Å². The van der Waals surface area contributed by atoms with E-state index in [2.05, 4.69) is 64.7 Å². The fourth-order valence-corrected chi connectivity index (χ4v) is 10.7. The molecule has 220 valence electrons. The largest absolute Gasteiger partial charge is 0.534 e. The van der Waals surface area contributed by atoms with Crippen LogP contribution in [0.15, 0.2) is 83.1 Å². The van der Waals surface area contributed by atoms with E-state index in [1.54, 1.807) is 20.8 Å². The SMILES string of the molecule is CC(=O)OC1(C)C(C)=C(C(=O)OCC[Si](C)(C)C)C(=O)C(C)=C1O[Si](c1ccccc1)(c1ccccc1)C(C)(C)C. The number of Topliss-reactive ketones (excluding diaryl/α,β-unsaturated/α-hetero) is 1. The predicted molar refractivity (Wildman–Crippen MR) is 168 cm³/mol. The molecule has 1 unspecified atom stereocenters. The van der Waals surface area contributed by atoms with Gasteiger partial charge in [0.1, 0.15) is 11.3 Å². The van der Waals surface area contributed by atoms with Crippen LogP contribution in [0.4, 0.5) is 0 Å². The summed E-state index contributed by atoms with van der Waals surface area (Å²) in [7, 11) is -4.67. The van der Waals surface area contributed by atoms with Crippen LogP contribution in [-0.2, 0) is 28.3 Å². The van der Waals surface area contributed by atoms with Crippen LogP contribution in [0.1, 0.15) is 48.5 Å². The summed E-state index contributed by atoms with van der Waals surface area (Å²) in [6, 6.07) is 20.8. The lowest BCUT2D eigenvalue weighted by Gasteiger charge is -2.47. The van der Waals surface area contributed by atoms with Crippen molar-refractivity contribution in [3.8, 4) is 0 Å². The van der Waals surface area contributed by atoms with Gasteiger partial charge in [0.25, 0.3) is 0 Å². The Hall–Kier alpha value is -3.24. The smallest absolute Gasteiger partial charge is 0.342 e. The number of allylic oxidation sites excluding steroid dienone is 1. The van der Waals surface area contributed by atoms with E-state index in [0.29, 0.717) is 5.57 Å². The third kappa shape index (κ3) is 6.49. The Morgan fingerprint density at radius 1 is 0.878 bits per heavy atom. The molecule has 0 aromatic heterocycles. The lowest BCUT2D eigenvalue weighted by Crippen LogP contribution is -2.67. The van der Waals surface area contributed by atoms with Crippen molar-refractivity contribution >= 4 is 44.5 Å². The highest BCUT2D eigenvalue weighted by molar-refractivity contribution is 6.99. The van der Waals surface area contributed by atoms with E-state index in [1.165, 1.54) is 6.92 Å². The third-order valence-electron chi connectivity index (χ3n) is 7.74. The zero-order chi connectivity index (χ0) is 30.8. The summed E-state index contributed by atoms with van der Waals surface area (Å²) in [5, 5.41) is 1.61. The molecular formula is C33H44O6Si2. The molecular weight excluding hydrogens is 549 g/mol. The van der Waals surface area contributed by atoms with Crippen LogP contribution in [0.2, 0.25) is 30.7 Å². The Labute approximate surface area is 246 Å². The molecule has 0 aliphatic heterocycles. The van der Waals surface area contributed by atoms with E-state index >= 15 is 0 Å². The summed E-state index contributed by atoms with van der Waals surface area (Å²) in [6.45, 7) is 19.5. The van der Waals surface area contributed by atoms with Crippen molar-refractivity contribution in [2.24, 2.45) is 0 Å². The van der Waals surface area contributed by atoms with Crippen LogP contribution in [0.5, 0.6) is 0 Å². The van der Waals surface area contributed by atoms with Crippen molar-refractivity contribution in [3.05, 3.63) is 83.1 Å². The van der Waals surface area contributed by atoms with Gasteiger partial charge in [0.05, 0.1) is 6.61 Å². The van der Waals surface area contributed by atoms with Crippen molar-refractivity contribution < 1.29 is 28.3 Å². The molecule has 1 aliphatic carbocycles. The summed E-state index contributed by atoms with van der Waals surface area (Å²) in [5.41, 5.74) is -1.07. The number of ether oxygens (including phenoxy) is 2. The summed E-state index contributed by atoms with van der Waals surface area (Å²) >= 11 is 0. The van der Waals surface area contributed by atoms with Gasteiger partial charge in [-0.15, -0.1) is 0 Å². The van der Waals surface area contributed by atoms with E-state index < -0.39 is 44.8 Å². The second kappa shape index (κ2) is 11.9. The van der Waals surface area contributed by atoms with Gasteiger partial charge in [-0.2, -0.15) is 0 Å². The first-order valence-electron chi connectivity index (χ1n) is 14.1. The van der Waals surface area contributed by atoms with Gasteiger partial charge in [-0.05, 0) is 47.8 Å². The highest BCUT2D eigenvalue weighted by Crippen LogP contribution is 2.45. The molecule has 0 N–H and O–H groups in total. The minimum Gasteiger partial charge on any atom is -0.534 e. The molecule has 0 saturated heterocycles. The number of benzene rings is 2. The van der Waals surface area contributed by atoms with Crippen LogP contribution < -0.4 is 10.4 Å². The Bertz CT molecular complexity index is 1320.